The van der Waals surface area contributed by atoms with Crippen LogP contribution in [0.5, 0.6) is 0 Å². The first-order chi connectivity index (χ1) is 9.85. The number of amides is 1. The van der Waals surface area contributed by atoms with Crippen molar-refractivity contribution in [3.05, 3.63) is 0 Å². The predicted molar refractivity (Wildman–Crippen MR) is 83.1 cm³/mol. The van der Waals surface area contributed by atoms with Crippen LogP contribution in [-0.2, 0) is 9.59 Å². The Morgan fingerprint density at radius 2 is 1.57 bits per heavy atom. The van der Waals surface area contributed by atoms with Crippen LogP contribution in [0.15, 0.2) is 0 Å². The number of carbonyl (C=O) groups is 2. The van der Waals surface area contributed by atoms with E-state index in [1.165, 1.54) is 19.3 Å². The smallest absolute Gasteiger partial charge is 0.309 e. The highest BCUT2D eigenvalue weighted by molar-refractivity contribution is 5.84. The van der Waals surface area contributed by atoms with Gasteiger partial charge in [-0.2, -0.15) is 0 Å². The molecule has 5 heteroatoms. The van der Waals surface area contributed by atoms with Gasteiger partial charge < -0.3 is 15.1 Å². The van der Waals surface area contributed by atoms with Crippen molar-refractivity contribution in [1.29, 1.82) is 0 Å². The number of unbranched alkanes of at least 4 members (excludes halogenated alkanes) is 4. The van der Waals surface area contributed by atoms with Gasteiger partial charge in [0, 0.05) is 26.1 Å². The maximum Gasteiger partial charge on any atom is 0.309 e. The predicted octanol–water partition coefficient (Wildman–Crippen LogP) is 2.67. The molecule has 0 saturated heterocycles. The van der Waals surface area contributed by atoms with Crippen molar-refractivity contribution >= 4 is 11.9 Å². The van der Waals surface area contributed by atoms with Crippen LogP contribution in [0.3, 0.4) is 0 Å². The van der Waals surface area contributed by atoms with Gasteiger partial charge in [-0.25, -0.2) is 0 Å². The van der Waals surface area contributed by atoms with Crippen molar-refractivity contribution in [2.45, 2.75) is 65.7 Å². The van der Waals surface area contributed by atoms with Gasteiger partial charge >= 0.3 is 5.97 Å². The quantitative estimate of drug-likeness (QED) is 0.543. The summed E-state index contributed by atoms with van der Waals surface area (Å²) in [5.41, 5.74) is -1.04. The molecule has 1 amide bonds. The number of aliphatic carboxylic acids is 1. The molecule has 0 fully saturated rings. The summed E-state index contributed by atoms with van der Waals surface area (Å²) < 4.78 is 0. The van der Waals surface area contributed by atoms with Crippen molar-refractivity contribution in [3.63, 3.8) is 0 Å². The Labute approximate surface area is 128 Å². The SMILES string of the molecule is CCCCCCCN(CCCO)C(=O)CC(C)(C)C(=O)O. The Morgan fingerprint density at radius 1 is 1.00 bits per heavy atom. The summed E-state index contributed by atoms with van der Waals surface area (Å²) in [4.78, 5) is 25.1. The van der Waals surface area contributed by atoms with Crippen molar-refractivity contribution in [1.82, 2.24) is 4.90 Å². The zero-order valence-electron chi connectivity index (χ0n) is 13.7. The molecule has 0 bridgehead atoms. The van der Waals surface area contributed by atoms with E-state index in [4.69, 9.17) is 10.2 Å². The number of carbonyl (C=O) groups excluding carboxylic acids is 1. The standard InChI is InChI=1S/C16H31NO4/c1-4-5-6-7-8-10-17(11-9-12-18)14(19)13-16(2,3)15(20)21/h18H,4-13H2,1-3H3,(H,20,21). The number of rotatable bonds is 12. The topological polar surface area (TPSA) is 77.8 Å². The summed E-state index contributed by atoms with van der Waals surface area (Å²) in [5, 5.41) is 18.0. The molecule has 0 heterocycles. The highest BCUT2D eigenvalue weighted by Gasteiger charge is 2.31. The second-order valence-corrected chi connectivity index (χ2v) is 6.24. The van der Waals surface area contributed by atoms with Crippen molar-refractivity contribution in [3.8, 4) is 0 Å². The normalized spacial score (nSPS) is 11.4. The van der Waals surface area contributed by atoms with Crippen LogP contribution in [0.2, 0.25) is 0 Å². The highest BCUT2D eigenvalue weighted by atomic mass is 16.4. The number of aliphatic hydroxyl groups excluding tert-OH is 1. The summed E-state index contributed by atoms with van der Waals surface area (Å²) in [6.45, 7) is 6.49. The van der Waals surface area contributed by atoms with Crippen molar-refractivity contribution < 1.29 is 19.8 Å². The van der Waals surface area contributed by atoms with Gasteiger partial charge in [0.05, 0.1) is 5.41 Å². The summed E-state index contributed by atoms with van der Waals surface area (Å²) in [7, 11) is 0. The Morgan fingerprint density at radius 3 is 2.10 bits per heavy atom. The Kier molecular flexibility index (Phi) is 10.0. The number of carboxylic acid groups (broad SMARTS) is 1. The zero-order chi connectivity index (χ0) is 16.3. The zero-order valence-corrected chi connectivity index (χ0v) is 13.7. The number of hydrogen-bond donors (Lipinski definition) is 2. The minimum atomic E-state index is -1.04. The molecule has 0 atom stereocenters. The monoisotopic (exact) mass is 301 g/mol. The molecule has 0 radical (unpaired) electrons. The molecule has 5 nitrogen and oxygen atoms in total. The Hall–Kier alpha value is -1.10. The first-order valence-corrected chi connectivity index (χ1v) is 7.97. The van der Waals surface area contributed by atoms with Crippen LogP contribution in [0.1, 0.15) is 65.7 Å². The molecule has 2 N–H and O–H groups in total. The van der Waals surface area contributed by atoms with Crippen LogP contribution in [0, 0.1) is 5.41 Å². The average Bonchev–Trinajstić information content (AvgIpc) is 2.41. The fourth-order valence-corrected chi connectivity index (χ4v) is 2.09. The molecule has 0 spiro atoms. The van der Waals surface area contributed by atoms with E-state index >= 15 is 0 Å². The summed E-state index contributed by atoms with van der Waals surface area (Å²) in [5.74, 6) is -1.09. The third kappa shape index (κ3) is 8.71. The minimum Gasteiger partial charge on any atom is -0.481 e. The van der Waals surface area contributed by atoms with Gasteiger partial charge in [-0.15, -0.1) is 0 Å². The summed E-state index contributed by atoms with van der Waals surface area (Å²) in [6.07, 6.45) is 6.11. The molecule has 0 rings (SSSR count). The van der Waals surface area contributed by atoms with E-state index in [0.29, 0.717) is 19.5 Å². The second kappa shape index (κ2) is 10.6. The average molecular weight is 301 g/mol. The first kappa shape index (κ1) is 19.9. The van der Waals surface area contributed by atoms with Gasteiger partial charge in [0.2, 0.25) is 5.91 Å². The van der Waals surface area contributed by atoms with E-state index in [9.17, 15) is 9.59 Å². The Bertz CT molecular complexity index is 315. The fourth-order valence-electron chi connectivity index (χ4n) is 2.09. The van der Waals surface area contributed by atoms with E-state index in [1.54, 1.807) is 18.7 Å². The van der Waals surface area contributed by atoms with Gasteiger partial charge in [0.25, 0.3) is 0 Å². The molecule has 0 aliphatic rings. The summed E-state index contributed by atoms with van der Waals surface area (Å²) >= 11 is 0. The number of nitrogens with zero attached hydrogens (tertiary/aromatic N) is 1. The lowest BCUT2D eigenvalue weighted by atomic mass is 9.89. The molecule has 21 heavy (non-hydrogen) atoms. The van der Waals surface area contributed by atoms with E-state index in [2.05, 4.69) is 6.92 Å². The van der Waals surface area contributed by atoms with E-state index in [-0.39, 0.29) is 18.9 Å². The minimum absolute atomic E-state index is 0.00270. The Balaban J connectivity index is 4.38. The van der Waals surface area contributed by atoms with Crippen molar-refractivity contribution in [2.24, 2.45) is 5.41 Å². The van der Waals surface area contributed by atoms with Crippen LogP contribution < -0.4 is 0 Å². The van der Waals surface area contributed by atoms with Crippen LogP contribution in [-0.4, -0.2) is 46.7 Å². The van der Waals surface area contributed by atoms with Gasteiger partial charge in [-0.3, -0.25) is 9.59 Å². The largest absolute Gasteiger partial charge is 0.481 e. The molecule has 124 valence electrons. The van der Waals surface area contributed by atoms with Gasteiger partial charge in [0.15, 0.2) is 0 Å². The molecule has 0 aliphatic heterocycles. The van der Waals surface area contributed by atoms with E-state index < -0.39 is 11.4 Å². The fraction of sp³-hybridized carbons (Fsp3) is 0.875. The molecule has 0 aliphatic carbocycles. The second-order valence-electron chi connectivity index (χ2n) is 6.24. The third-order valence-electron chi connectivity index (χ3n) is 3.64. The van der Waals surface area contributed by atoms with Crippen LogP contribution in [0.4, 0.5) is 0 Å². The molecule has 0 unspecified atom stereocenters. The molecular weight excluding hydrogens is 270 g/mol. The molecule has 0 saturated carbocycles. The lowest BCUT2D eigenvalue weighted by Gasteiger charge is -2.26. The van der Waals surface area contributed by atoms with E-state index in [1.807, 2.05) is 0 Å². The maximum absolute atomic E-state index is 12.3. The lowest BCUT2D eigenvalue weighted by molar-refractivity contribution is -0.151. The van der Waals surface area contributed by atoms with Gasteiger partial charge in [-0.05, 0) is 26.7 Å². The van der Waals surface area contributed by atoms with Crippen LogP contribution >= 0.6 is 0 Å². The van der Waals surface area contributed by atoms with Gasteiger partial charge in [-0.1, -0.05) is 32.6 Å². The lowest BCUT2D eigenvalue weighted by Crippen LogP contribution is -2.38. The first-order valence-electron chi connectivity index (χ1n) is 7.97. The third-order valence-corrected chi connectivity index (χ3v) is 3.64. The number of hydrogen-bond acceptors (Lipinski definition) is 3. The van der Waals surface area contributed by atoms with E-state index in [0.717, 1.165) is 12.8 Å². The van der Waals surface area contributed by atoms with Crippen molar-refractivity contribution in [2.75, 3.05) is 19.7 Å². The van der Waals surface area contributed by atoms with Crippen LogP contribution in [0.25, 0.3) is 0 Å². The number of carboxylic acids is 1. The number of aliphatic hydroxyl groups is 1. The maximum atomic E-state index is 12.3. The molecule has 0 aromatic rings. The summed E-state index contributed by atoms with van der Waals surface area (Å²) in [6, 6.07) is 0. The highest BCUT2D eigenvalue weighted by Crippen LogP contribution is 2.22. The van der Waals surface area contributed by atoms with Gasteiger partial charge in [0.1, 0.15) is 0 Å². The molecular formula is C16H31NO4. The molecule has 0 aromatic heterocycles. The molecule has 0 aromatic carbocycles.